The molecule has 2 heterocycles. The molecule has 3 rings (SSSR count). The first-order chi connectivity index (χ1) is 12.1. The lowest BCUT2D eigenvalue weighted by molar-refractivity contribution is 0.641. The number of benzene rings is 1. The van der Waals surface area contributed by atoms with Gasteiger partial charge in [-0.25, -0.2) is 4.98 Å². The summed E-state index contributed by atoms with van der Waals surface area (Å²) in [6.45, 7) is 10.9. The Bertz CT molecular complexity index is 847. The van der Waals surface area contributed by atoms with Crippen LogP contribution in [0.3, 0.4) is 0 Å². The molecular weight excluding hydrogens is 348 g/mol. The number of hydrogen-bond donors (Lipinski definition) is 0. The first-order valence-electron chi connectivity index (χ1n) is 8.26. The lowest BCUT2D eigenvalue weighted by atomic mass is 10.2. The van der Waals surface area contributed by atoms with Gasteiger partial charge in [0.2, 0.25) is 0 Å². The second-order valence-corrected chi connectivity index (χ2v) is 7.99. The molecule has 0 radical (unpaired) electrons. The maximum Gasteiger partial charge on any atom is 0.191 e. The van der Waals surface area contributed by atoms with Crippen LogP contribution in [0.25, 0.3) is 10.6 Å². The minimum atomic E-state index is 0.342. The summed E-state index contributed by atoms with van der Waals surface area (Å²) in [5, 5.41) is 12.8. The molecule has 0 aliphatic carbocycles. The second-order valence-electron chi connectivity index (χ2n) is 6.19. The van der Waals surface area contributed by atoms with Crippen LogP contribution in [0, 0.1) is 6.92 Å². The fraction of sp³-hybridized carbons (Fsp3) is 0.316. The third-order valence-corrected chi connectivity index (χ3v) is 5.71. The minimum Gasteiger partial charge on any atom is -0.302 e. The molecule has 0 amide bonds. The van der Waals surface area contributed by atoms with Crippen molar-refractivity contribution >= 4 is 23.1 Å². The van der Waals surface area contributed by atoms with Crippen molar-refractivity contribution < 1.29 is 0 Å². The van der Waals surface area contributed by atoms with E-state index in [0.717, 1.165) is 34.0 Å². The number of thioether (sulfide) groups is 1. The van der Waals surface area contributed by atoms with Gasteiger partial charge >= 0.3 is 0 Å². The van der Waals surface area contributed by atoms with E-state index in [0.29, 0.717) is 5.92 Å². The number of hydrogen-bond acceptors (Lipinski definition) is 5. The van der Waals surface area contributed by atoms with Crippen LogP contribution in [0.15, 0.2) is 47.5 Å². The maximum atomic E-state index is 4.76. The third kappa shape index (κ3) is 4.19. The van der Waals surface area contributed by atoms with Gasteiger partial charge in [-0.15, -0.1) is 28.1 Å². The number of aromatic nitrogens is 4. The van der Waals surface area contributed by atoms with Crippen LogP contribution in [0.2, 0.25) is 0 Å². The van der Waals surface area contributed by atoms with E-state index >= 15 is 0 Å². The molecule has 2 aromatic heterocycles. The van der Waals surface area contributed by atoms with E-state index in [1.165, 1.54) is 11.1 Å². The number of allylic oxidation sites excluding steroid dienone is 1. The van der Waals surface area contributed by atoms with Gasteiger partial charge in [-0.05, 0) is 6.92 Å². The minimum absolute atomic E-state index is 0.342. The highest BCUT2D eigenvalue weighted by molar-refractivity contribution is 7.98. The quantitative estimate of drug-likeness (QED) is 0.417. The Morgan fingerprint density at radius 2 is 2.00 bits per heavy atom. The molecule has 0 atom stereocenters. The molecular formula is C19H22N4S2. The first-order valence-corrected chi connectivity index (χ1v) is 10.1. The maximum absolute atomic E-state index is 4.76. The van der Waals surface area contributed by atoms with Gasteiger partial charge in [0.1, 0.15) is 10.8 Å². The van der Waals surface area contributed by atoms with Crippen molar-refractivity contribution in [2.75, 3.05) is 0 Å². The average Bonchev–Trinajstić information content (AvgIpc) is 3.21. The number of nitrogens with zero attached hydrogens (tertiary/aromatic N) is 4. The van der Waals surface area contributed by atoms with Crippen molar-refractivity contribution in [3.05, 3.63) is 59.4 Å². The van der Waals surface area contributed by atoms with Crippen molar-refractivity contribution in [1.82, 2.24) is 19.7 Å². The summed E-state index contributed by atoms with van der Waals surface area (Å²) in [4.78, 5) is 4.76. The van der Waals surface area contributed by atoms with Crippen molar-refractivity contribution in [3.8, 4) is 10.6 Å². The number of thiazole rings is 1. The topological polar surface area (TPSA) is 43.6 Å². The molecule has 0 aliphatic rings. The van der Waals surface area contributed by atoms with Gasteiger partial charge in [-0.2, -0.15) is 0 Å². The lowest BCUT2D eigenvalue weighted by Crippen LogP contribution is -2.05. The van der Waals surface area contributed by atoms with E-state index in [9.17, 15) is 0 Å². The summed E-state index contributed by atoms with van der Waals surface area (Å²) < 4.78 is 2.13. The molecule has 0 bridgehead atoms. The SMILES string of the molecule is C=CCn1c(SCc2csc(-c3ccc(C)cc3)n2)nnc1C(C)C. The Hall–Kier alpha value is -1.92. The van der Waals surface area contributed by atoms with Gasteiger partial charge in [0, 0.05) is 29.2 Å². The fourth-order valence-corrected chi connectivity index (χ4v) is 4.25. The molecule has 0 aliphatic heterocycles. The molecule has 0 N–H and O–H groups in total. The zero-order chi connectivity index (χ0) is 17.8. The third-order valence-electron chi connectivity index (χ3n) is 3.77. The molecule has 4 nitrogen and oxygen atoms in total. The van der Waals surface area contributed by atoms with E-state index in [-0.39, 0.29) is 0 Å². The highest BCUT2D eigenvalue weighted by atomic mass is 32.2. The van der Waals surface area contributed by atoms with Gasteiger partial charge in [0.05, 0.1) is 5.69 Å². The number of rotatable bonds is 7. The van der Waals surface area contributed by atoms with Crippen LogP contribution >= 0.6 is 23.1 Å². The molecule has 6 heteroatoms. The summed E-state index contributed by atoms with van der Waals surface area (Å²) in [5.41, 5.74) is 3.51. The highest BCUT2D eigenvalue weighted by Gasteiger charge is 2.15. The predicted molar refractivity (Wildman–Crippen MR) is 106 cm³/mol. The Balaban J connectivity index is 1.72. The van der Waals surface area contributed by atoms with Gasteiger partial charge in [0.15, 0.2) is 5.16 Å². The molecule has 0 spiro atoms. The molecule has 1 aromatic carbocycles. The number of aryl methyl sites for hydroxylation is 1. The Morgan fingerprint density at radius 1 is 1.24 bits per heavy atom. The summed E-state index contributed by atoms with van der Waals surface area (Å²) in [6, 6.07) is 8.49. The summed E-state index contributed by atoms with van der Waals surface area (Å²) in [5.74, 6) is 2.13. The van der Waals surface area contributed by atoms with Gasteiger partial charge < -0.3 is 4.57 Å². The van der Waals surface area contributed by atoms with Gasteiger partial charge in [0.25, 0.3) is 0 Å². The molecule has 0 saturated carbocycles. The zero-order valence-corrected chi connectivity index (χ0v) is 16.4. The standard InChI is InChI=1S/C19H22N4S2/c1-5-10-23-17(13(2)3)21-22-19(23)25-12-16-11-24-18(20-16)15-8-6-14(4)7-9-15/h5-9,11,13H,1,10,12H2,2-4H3. The van der Waals surface area contributed by atoms with Crippen LogP contribution in [-0.2, 0) is 12.3 Å². The highest BCUT2D eigenvalue weighted by Crippen LogP contribution is 2.28. The monoisotopic (exact) mass is 370 g/mol. The first kappa shape index (κ1) is 17.9. The Kier molecular flexibility index (Phi) is 5.71. The predicted octanol–water partition coefficient (Wildman–Crippen LogP) is 5.31. The molecule has 0 saturated heterocycles. The summed E-state index contributed by atoms with van der Waals surface area (Å²) >= 11 is 3.36. The molecule has 0 unspecified atom stereocenters. The van der Waals surface area contributed by atoms with Crippen molar-refractivity contribution in [1.29, 1.82) is 0 Å². The van der Waals surface area contributed by atoms with E-state index < -0.39 is 0 Å². The van der Waals surface area contributed by atoms with E-state index in [4.69, 9.17) is 4.98 Å². The molecule has 0 fully saturated rings. The van der Waals surface area contributed by atoms with Crippen molar-refractivity contribution in [2.45, 2.75) is 44.1 Å². The smallest absolute Gasteiger partial charge is 0.191 e. The van der Waals surface area contributed by atoms with Crippen LogP contribution in [0.5, 0.6) is 0 Å². The summed E-state index contributed by atoms with van der Waals surface area (Å²) in [7, 11) is 0. The van der Waals surface area contributed by atoms with Gasteiger partial charge in [-0.3, -0.25) is 0 Å². The second kappa shape index (κ2) is 7.97. The van der Waals surface area contributed by atoms with E-state index in [2.05, 4.69) is 71.8 Å². The zero-order valence-electron chi connectivity index (χ0n) is 14.8. The van der Waals surface area contributed by atoms with Crippen LogP contribution in [0.1, 0.15) is 36.8 Å². The van der Waals surface area contributed by atoms with Crippen molar-refractivity contribution in [2.24, 2.45) is 0 Å². The lowest BCUT2D eigenvalue weighted by Gasteiger charge is -2.09. The molecule has 130 valence electrons. The fourth-order valence-electron chi connectivity index (χ4n) is 2.48. The molecule has 3 aromatic rings. The van der Waals surface area contributed by atoms with Crippen molar-refractivity contribution in [3.63, 3.8) is 0 Å². The largest absolute Gasteiger partial charge is 0.302 e. The van der Waals surface area contributed by atoms with Crippen LogP contribution < -0.4 is 0 Å². The van der Waals surface area contributed by atoms with Gasteiger partial charge in [-0.1, -0.05) is 61.5 Å². The van der Waals surface area contributed by atoms with Crippen LogP contribution in [0.4, 0.5) is 0 Å². The van der Waals surface area contributed by atoms with Crippen LogP contribution in [-0.4, -0.2) is 19.7 Å². The Labute approximate surface area is 157 Å². The summed E-state index contributed by atoms with van der Waals surface area (Å²) in [6.07, 6.45) is 1.89. The average molecular weight is 371 g/mol. The molecule has 25 heavy (non-hydrogen) atoms. The van der Waals surface area contributed by atoms with E-state index in [1.807, 2.05) is 6.08 Å². The van der Waals surface area contributed by atoms with E-state index in [1.54, 1.807) is 23.1 Å². The normalized spacial score (nSPS) is 11.2. The Morgan fingerprint density at radius 3 is 2.68 bits per heavy atom.